The largest absolute Gasteiger partial charge is 0.369 e. The minimum absolute atomic E-state index is 0.0739. The highest BCUT2D eigenvalue weighted by atomic mass is 19.2. The number of rotatable bonds is 6. The molecule has 5 nitrogen and oxygen atoms in total. The fraction of sp³-hybridized carbons (Fsp3) is 0.267. The highest BCUT2D eigenvalue weighted by molar-refractivity contribution is 6.02. The van der Waals surface area contributed by atoms with E-state index in [1.165, 1.54) is 6.07 Å². The van der Waals surface area contributed by atoms with Crippen molar-refractivity contribution in [3.8, 4) is 0 Å². The van der Waals surface area contributed by atoms with Gasteiger partial charge in [-0.3, -0.25) is 4.79 Å². The highest BCUT2D eigenvalue weighted by Gasteiger charge is 2.16. The van der Waals surface area contributed by atoms with Crippen molar-refractivity contribution < 1.29 is 18.0 Å². The quantitative estimate of drug-likeness (QED) is 0.631. The molecule has 2 rings (SSSR count). The van der Waals surface area contributed by atoms with Crippen LogP contribution in [0.3, 0.4) is 0 Å². The van der Waals surface area contributed by atoms with Crippen molar-refractivity contribution in [3.63, 3.8) is 0 Å². The van der Waals surface area contributed by atoms with Crippen LogP contribution in [0.25, 0.3) is 0 Å². The summed E-state index contributed by atoms with van der Waals surface area (Å²) >= 11 is 0. The first kappa shape index (κ1) is 16.7. The monoisotopic (exact) mass is 324 g/mol. The van der Waals surface area contributed by atoms with Crippen molar-refractivity contribution in [3.05, 3.63) is 47.4 Å². The van der Waals surface area contributed by atoms with E-state index in [4.69, 9.17) is 0 Å². The fourth-order valence-electron chi connectivity index (χ4n) is 1.75. The van der Waals surface area contributed by atoms with Gasteiger partial charge in [0.2, 0.25) is 0 Å². The summed E-state index contributed by atoms with van der Waals surface area (Å²) in [5.41, 5.74) is -0.545. The average Bonchev–Trinajstić information content (AvgIpc) is 2.56. The molecule has 0 aliphatic heterocycles. The van der Waals surface area contributed by atoms with Crippen molar-refractivity contribution in [1.29, 1.82) is 0 Å². The molecule has 122 valence electrons. The van der Waals surface area contributed by atoms with Crippen LogP contribution in [0.5, 0.6) is 0 Å². The Balaban J connectivity index is 2.05. The molecule has 0 unspecified atom stereocenters. The first-order chi connectivity index (χ1) is 11.0. The zero-order valence-electron chi connectivity index (χ0n) is 12.4. The number of carbonyl (C=O) groups is 1. The van der Waals surface area contributed by atoms with E-state index < -0.39 is 29.0 Å². The van der Waals surface area contributed by atoms with E-state index in [0.29, 0.717) is 5.82 Å². The lowest BCUT2D eigenvalue weighted by molar-refractivity contribution is 0.102. The predicted molar refractivity (Wildman–Crippen MR) is 79.7 cm³/mol. The second-order valence-electron chi connectivity index (χ2n) is 4.76. The number of hydrogen-bond acceptors (Lipinski definition) is 4. The van der Waals surface area contributed by atoms with Crippen LogP contribution in [0.2, 0.25) is 0 Å². The van der Waals surface area contributed by atoms with Crippen LogP contribution >= 0.6 is 0 Å². The molecule has 0 spiro atoms. The summed E-state index contributed by atoms with van der Waals surface area (Å²) in [4.78, 5) is 11.9. The summed E-state index contributed by atoms with van der Waals surface area (Å²) in [6.07, 6.45) is 2.00. The molecular weight excluding hydrogens is 309 g/mol. The maximum absolute atomic E-state index is 13.5. The number of benzene rings is 1. The Kier molecular flexibility index (Phi) is 5.51. The summed E-state index contributed by atoms with van der Waals surface area (Å²) < 4.78 is 39.4. The van der Waals surface area contributed by atoms with Gasteiger partial charge in [0, 0.05) is 6.54 Å². The van der Waals surface area contributed by atoms with Crippen molar-refractivity contribution in [2.45, 2.75) is 19.8 Å². The van der Waals surface area contributed by atoms with Crippen molar-refractivity contribution >= 4 is 17.4 Å². The van der Waals surface area contributed by atoms with Crippen LogP contribution in [0, 0.1) is 17.5 Å². The third-order valence-corrected chi connectivity index (χ3v) is 3.02. The molecule has 0 aliphatic carbocycles. The maximum atomic E-state index is 13.5. The number of nitrogens with zero attached hydrogens (tertiary/aromatic N) is 2. The molecule has 1 heterocycles. The smallest absolute Gasteiger partial charge is 0.276 e. The van der Waals surface area contributed by atoms with Gasteiger partial charge in [-0.1, -0.05) is 13.3 Å². The minimum atomic E-state index is -1.65. The van der Waals surface area contributed by atoms with Gasteiger partial charge in [0.15, 0.2) is 23.1 Å². The zero-order chi connectivity index (χ0) is 16.8. The van der Waals surface area contributed by atoms with Crippen LogP contribution in [0.4, 0.5) is 24.7 Å². The molecule has 1 amide bonds. The van der Waals surface area contributed by atoms with Gasteiger partial charge in [-0.05, 0) is 30.7 Å². The molecule has 8 heteroatoms. The third-order valence-electron chi connectivity index (χ3n) is 3.02. The van der Waals surface area contributed by atoms with Crippen molar-refractivity contribution in [2.24, 2.45) is 0 Å². The number of unbranched alkanes of at least 4 members (excludes halogenated alkanes) is 1. The lowest BCUT2D eigenvalue weighted by Gasteiger charge is -2.07. The zero-order valence-corrected chi connectivity index (χ0v) is 12.4. The molecule has 1 aromatic carbocycles. The first-order valence-corrected chi connectivity index (χ1v) is 7.05. The van der Waals surface area contributed by atoms with E-state index in [-0.39, 0.29) is 5.69 Å². The highest BCUT2D eigenvalue weighted by Crippen LogP contribution is 2.20. The van der Waals surface area contributed by atoms with E-state index in [2.05, 4.69) is 27.8 Å². The Hall–Kier alpha value is -2.64. The number of nitrogens with one attached hydrogen (secondary N) is 2. The Bertz CT molecular complexity index is 692. The van der Waals surface area contributed by atoms with E-state index in [1.54, 1.807) is 6.07 Å². The third kappa shape index (κ3) is 4.18. The molecule has 0 radical (unpaired) electrons. The van der Waals surface area contributed by atoms with E-state index in [9.17, 15) is 18.0 Å². The number of halogens is 3. The summed E-state index contributed by atoms with van der Waals surface area (Å²) in [6.45, 7) is 2.79. The van der Waals surface area contributed by atoms with Gasteiger partial charge in [0.1, 0.15) is 5.82 Å². The number of hydrogen-bond donors (Lipinski definition) is 2. The van der Waals surface area contributed by atoms with E-state index >= 15 is 0 Å². The number of anilines is 2. The molecular formula is C15H15F3N4O. The second-order valence-corrected chi connectivity index (χ2v) is 4.76. The lowest BCUT2D eigenvalue weighted by Crippen LogP contribution is -2.16. The Morgan fingerprint density at radius 3 is 2.52 bits per heavy atom. The summed E-state index contributed by atoms with van der Waals surface area (Å²) in [7, 11) is 0. The summed E-state index contributed by atoms with van der Waals surface area (Å²) in [5, 5.41) is 12.7. The van der Waals surface area contributed by atoms with Crippen LogP contribution in [0.15, 0.2) is 24.3 Å². The fourth-order valence-corrected chi connectivity index (χ4v) is 1.75. The van der Waals surface area contributed by atoms with Gasteiger partial charge in [0.05, 0.1) is 5.69 Å². The molecule has 0 saturated carbocycles. The number of carbonyl (C=O) groups excluding carboxylic acids is 1. The van der Waals surface area contributed by atoms with Gasteiger partial charge >= 0.3 is 0 Å². The van der Waals surface area contributed by atoms with Crippen LogP contribution in [0.1, 0.15) is 30.3 Å². The molecule has 2 aromatic rings. The number of aromatic nitrogens is 2. The second kappa shape index (κ2) is 7.57. The Labute approximate surface area is 130 Å². The van der Waals surface area contributed by atoms with Gasteiger partial charge in [-0.15, -0.1) is 10.2 Å². The minimum Gasteiger partial charge on any atom is -0.369 e. The van der Waals surface area contributed by atoms with Gasteiger partial charge in [0.25, 0.3) is 5.91 Å². The normalized spacial score (nSPS) is 10.4. The molecule has 0 saturated heterocycles. The van der Waals surface area contributed by atoms with Gasteiger partial charge < -0.3 is 10.6 Å². The summed E-state index contributed by atoms with van der Waals surface area (Å²) in [6, 6.07) is 4.60. The van der Waals surface area contributed by atoms with Crippen molar-refractivity contribution in [2.75, 3.05) is 17.2 Å². The van der Waals surface area contributed by atoms with Crippen LogP contribution in [-0.4, -0.2) is 22.6 Å². The maximum Gasteiger partial charge on any atom is 0.276 e. The first-order valence-electron chi connectivity index (χ1n) is 7.05. The van der Waals surface area contributed by atoms with Crippen LogP contribution < -0.4 is 10.6 Å². The number of amides is 1. The molecule has 1 aromatic heterocycles. The van der Waals surface area contributed by atoms with Crippen LogP contribution in [-0.2, 0) is 0 Å². The molecule has 0 aliphatic rings. The molecule has 0 atom stereocenters. The molecule has 0 bridgehead atoms. The molecule has 0 fully saturated rings. The Morgan fingerprint density at radius 2 is 1.87 bits per heavy atom. The van der Waals surface area contributed by atoms with Gasteiger partial charge in [-0.2, -0.15) is 0 Å². The topological polar surface area (TPSA) is 66.9 Å². The van der Waals surface area contributed by atoms with E-state index in [1.807, 2.05) is 0 Å². The van der Waals surface area contributed by atoms with Gasteiger partial charge in [-0.25, -0.2) is 13.2 Å². The van der Waals surface area contributed by atoms with E-state index in [0.717, 1.165) is 31.5 Å². The molecule has 2 N–H and O–H groups in total. The lowest BCUT2D eigenvalue weighted by atomic mass is 10.2. The Morgan fingerprint density at radius 1 is 1.09 bits per heavy atom. The average molecular weight is 324 g/mol. The SMILES string of the molecule is CCCCNc1ccc(C(=O)Nc2ccc(F)c(F)c2F)nn1. The predicted octanol–water partition coefficient (Wildman–Crippen LogP) is 3.36. The summed E-state index contributed by atoms with van der Waals surface area (Å²) in [5.74, 6) is -4.71. The molecule has 23 heavy (non-hydrogen) atoms. The van der Waals surface area contributed by atoms with Crippen molar-refractivity contribution in [1.82, 2.24) is 10.2 Å². The standard InChI is InChI=1S/C15H15F3N4O/c1-2-3-8-19-12-7-6-11(21-22-12)15(23)20-10-5-4-9(16)13(17)14(10)18/h4-7H,2-3,8H2,1H3,(H,19,22)(H,20,23).